The lowest BCUT2D eigenvalue weighted by Crippen LogP contribution is -1.90. The van der Waals surface area contributed by atoms with E-state index in [0.717, 1.165) is 5.82 Å². The summed E-state index contributed by atoms with van der Waals surface area (Å²) in [4.78, 5) is 3.11. The van der Waals surface area contributed by atoms with Crippen molar-refractivity contribution in [2.24, 2.45) is 0 Å². The second kappa shape index (κ2) is 1.15. The van der Waals surface area contributed by atoms with Gasteiger partial charge in [-0.15, -0.1) is 0 Å². The summed E-state index contributed by atoms with van der Waals surface area (Å²) in [7, 11) is 0. The van der Waals surface area contributed by atoms with Gasteiger partial charge in [-0.3, -0.25) is 0 Å². The average Bonchev–Trinajstić information content (AvgIpc) is 2.12. The van der Waals surface area contributed by atoms with Gasteiger partial charge in [-0.05, 0) is 18.2 Å². The van der Waals surface area contributed by atoms with Gasteiger partial charge in [-0.1, -0.05) is 0 Å². The second-order valence-electron chi connectivity index (χ2n) is 1.81. The Morgan fingerprint density at radius 3 is 3.00 bits per heavy atom. The lowest BCUT2D eigenvalue weighted by atomic mass is 10.4. The molecule has 40 valence electrons. The van der Waals surface area contributed by atoms with E-state index >= 15 is 0 Å². The fraction of sp³-hybridized carbons (Fsp3) is 0. The third-order valence-corrected chi connectivity index (χ3v) is 1.21. The molecule has 0 amide bonds. The molecule has 2 bridgehead atoms. The third-order valence-electron chi connectivity index (χ3n) is 1.21. The SMILES string of the molecule is C1=Cc2ccc([nH]2)N1. The van der Waals surface area contributed by atoms with Crippen molar-refractivity contribution in [3.63, 3.8) is 0 Å². The van der Waals surface area contributed by atoms with Gasteiger partial charge in [0.15, 0.2) is 0 Å². The minimum atomic E-state index is 1.07. The van der Waals surface area contributed by atoms with Crippen LogP contribution in [0.15, 0.2) is 18.3 Å². The summed E-state index contributed by atoms with van der Waals surface area (Å²) in [6.07, 6.45) is 3.91. The maximum absolute atomic E-state index is 3.11. The number of aromatic amines is 1. The van der Waals surface area contributed by atoms with Crippen molar-refractivity contribution in [3.05, 3.63) is 24.0 Å². The lowest BCUT2D eigenvalue weighted by Gasteiger charge is -1.98. The standard InChI is InChI=1S/C6H6N2/c1-2-6-7-4-3-5(1)8-6/h1-4,7-8H. The van der Waals surface area contributed by atoms with Crippen molar-refractivity contribution in [2.75, 3.05) is 5.32 Å². The molecular weight excluding hydrogens is 100 g/mol. The molecule has 2 rings (SSSR count). The van der Waals surface area contributed by atoms with Crippen LogP contribution in [-0.4, -0.2) is 4.98 Å². The van der Waals surface area contributed by atoms with Crippen molar-refractivity contribution in [2.45, 2.75) is 0 Å². The summed E-state index contributed by atoms with van der Waals surface area (Å²) in [5.41, 5.74) is 1.17. The molecule has 2 heterocycles. The van der Waals surface area contributed by atoms with Crippen LogP contribution >= 0.6 is 0 Å². The quantitative estimate of drug-likeness (QED) is 0.514. The summed E-state index contributed by atoms with van der Waals surface area (Å²) < 4.78 is 0. The summed E-state index contributed by atoms with van der Waals surface area (Å²) in [5.74, 6) is 1.07. The summed E-state index contributed by atoms with van der Waals surface area (Å²) >= 11 is 0. The molecule has 0 fully saturated rings. The molecule has 0 atom stereocenters. The first-order chi connectivity index (χ1) is 3.95. The van der Waals surface area contributed by atoms with Gasteiger partial charge in [0, 0.05) is 11.9 Å². The fourth-order valence-electron chi connectivity index (χ4n) is 0.815. The molecule has 0 spiro atoms. The van der Waals surface area contributed by atoms with Crippen LogP contribution < -0.4 is 5.32 Å². The zero-order valence-electron chi connectivity index (χ0n) is 4.31. The van der Waals surface area contributed by atoms with Crippen LogP contribution in [0.4, 0.5) is 5.82 Å². The highest BCUT2D eigenvalue weighted by Gasteiger charge is 1.96. The Labute approximate surface area is 47.2 Å². The predicted molar refractivity (Wildman–Crippen MR) is 33.4 cm³/mol. The molecule has 8 heavy (non-hydrogen) atoms. The summed E-state index contributed by atoms with van der Waals surface area (Å²) in [6.45, 7) is 0. The Hall–Kier alpha value is -1.18. The zero-order valence-corrected chi connectivity index (χ0v) is 4.31. The second-order valence-corrected chi connectivity index (χ2v) is 1.81. The number of H-pyrrole nitrogens is 1. The number of aromatic nitrogens is 1. The highest BCUT2D eigenvalue weighted by atomic mass is 15.0. The highest BCUT2D eigenvalue weighted by Crippen LogP contribution is 2.12. The summed E-state index contributed by atoms with van der Waals surface area (Å²) in [6, 6.07) is 4.04. The van der Waals surface area contributed by atoms with Gasteiger partial charge in [-0.25, -0.2) is 0 Å². The molecule has 0 radical (unpaired) electrons. The number of anilines is 1. The zero-order chi connectivity index (χ0) is 5.40. The molecule has 2 heteroatoms. The van der Waals surface area contributed by atoms with Gasteiger partial charge < -0.3 is 10.3 Å². The van der Waals surface area contributed by atoms with Crippen molar-refractivity contribution < 1.29 is 0 Å². The normalized spacial score (nSPS) is 13.5. The minimum absolute atomic E-state index is 1.07. The molecule has 0 saturated carbocycles. The maximum atomic E-state index is 3.11. The smallest absolute Gasteiger partial charge is 0.107 e. The van der Waals surface area contributed by atoms with E-state index in [4.69, 9.17) is 0 Å². The van der Waals surface area contributed by atoms with E-state index in [0.29, 0.717) is 0 Å². The van der Waals surface area contributed by atoms with Gasteiger partial charge in [0.2, 0.25) is 0 Å². The molecular formula is C6H6N2. The number of rotatable bonds is 0. The van der Waals surface area contributed by atoms with Crippen LogP contribution in [0.1, 0.15) is 5.69 Å². The molecule has 0 unspecified atom stereocenters. The van der Waals surface area contributed by atoms with E-state index in [-0.39, 0.29) is 0 Å². The first kappa shape index (κ1) is 3.78. The number of fused-ring (bicyclic) bond motifs is 2. The van der Waals surface area contributed by atoms with Gasteiger partial charge in [0.25, 0.3) is 0 Å². The topological polar surface area (TPSA) is 27.8 Å². The van der Waals surface area contributed by atoms with Gasteiger partial charge in [0.1, 0.15) is 5.82 Å². The summed E-state index contributed by atoms with van der Waals surface area (Å²) in [5, 5.41) is 3.03. The van der Waals surface area contributed by atoms with Crippen LogP contribution in [0.5, 0.6) is 0 Å². The van der Waals surface area contributed by atoms with Gasteiger partial charge in [-0.2, -0.15) is 0 Å². The molecule has 1 aromatic rings. The van der Waals surface area contributed by atoms with Gasteiger partial charge >= 0.3 is 0 Å². The molecule has 1 aromatic heterocycles. The maximum Gasteiger partial charge on any atom is 0.107 e. The number of nitrogens with one attached hydrogen (secondary N) is 2. The van der Waals surface area contributed by atoms with E-state index < -0.39 is 0 Å². The Balaban J connectivity index is 2.66. The average molecular weight is 106 g/mol. The van der Waals surface area contributed by atoms with Crippen molar-refractivity contribution >= 4 is 11.9 Å². The Bertz CT molecular complexity index is 222. The van der Waals surface area contributed by atoms with Crippen LogP contribution in [0.25, 0.3) is 6.08 Å². The van der Waals surface area contributed by atoms with E-state index in [1.54, 1.807) is 0 Å². The molecule has 1 aliphatic rings. The molecule has 1 aliphatic heterocycles. The molecule has 0 saturated heterocycles. The number of hydrogen-bond donors (Lipinski definition) is 2. The van der Waals surface area contributed by atoms with Crippen molar-refractivity contribution in [1.82, 2.24) is 4.98 Å². The van der Waals surface area contributed by atoms with E-state index in [9.17, 15) is 0 Å². The monoisotopic (exact) mass is 106 g/mol. The van der Waals surface area contributed by atoms with Gasteiger partial charge in [0.05, 0.1) is 0 Å². The van der Waals surface area contributed by atoms with Crippen molar-refractivity contribution in [1.29, 1.82) is 0 Å². The lowest BCUT2D eigenvalue weighted by molar-refractivity contribution is 1.32. The van der Waals surface area contributed by atoms with Crippen molar-refractivity contribution in [3.8, 4) is 0 Å². The van der Waals surface area contributed by atoms with Crippen LogP contribution in [0.2, 0.25) is 0 Å². The molecule has 0 aromatic carbocycles. The van der Waals surface area contributed by atoms with Crippen LogP contribution in [-0.2, 0) is 0 Å². The molecule has 0 aliphatic carbocycles. The first-order valence-electron chi connectivity index (χ1n) is 2.57. The predicted octanol–water partition coefficient (Wildman–Crippen LogP) is 1.41. The van der Waals surface area contributed by atoms with E-state index in [1.165, 1.54) is 5.69 Å². The number of hydrogen-bond acceptors (Lipinski definition) is 1. The Morgan fingerprint density at radius 1 is 1.25 bits per heavy atom. The highest BCUT2D eigenvalue weighted by molar-refractivity contribution is 5.59. The Morgan fingerprint density at radius 2 is 2.25 bits per heavy atom. The van der Waals surface area contributed by atoms with E-state index in [2.05, 4.69) is 10.3 Å². The third kappa shape index (κ3) is 0.368. The first-order valence-corrected chi connectivity index (χ1v) is 2.57. The van der Waals surface area contributed by atoms with Crippen LogP contribution in [0, 0.1) is 0 Å². The van der Waals surface area contributed by atoms with Crippen LogP contribution in [0.3, 0.4) is 0 Å². The fourth-order valence-corrected chi connectivity index (χ4v) is 0.815. The largest absolute Gasteiger partial charge is 0.348 e. The Kier molecular flexibility index (Phi) is 0.545. The molecule has 2 N–H and O–H groups in total. The molecule has 2 nitrogen and oxygen atoms in total. The minimum Gasteiger partial charge on any atom is -0.348 e. The van der Waals surface area contributed by atoms with E-state index in [1.807, 2.05) is 24.4 Å².